The molecule has 0 radical (unpaired) electrons. The Balaban J connectivity index is 1.61. The molecule has 2 aromatic heterocycles. The van der Waals surface area contributed by atoms with Crippen LogP contribution in [0.3, 0.4) is 0 Å². The van der Waals surface area contributed by atoms with Crippen LogP contribution in [-0.2, 0) is 4.79 Å². The lowest BCUT2D eigenvalue weighted by atomic mass is 10.1. The molecule has 26 heavy (non-hydrogen) atoms. The quantitative estimate of drug-likeness (QED) is 0.842. The third kappa shape index (κ3) is 3.13. The van der Waals surface area contributed by atoms with Gasteiger partial charge in [-0.25, -0.2) is 9.97 Å². The summed E-state index contributed by atoms with van der Waals surface area (Å²) in [6.45, 7) is 5.08. The fourth-order valence-electron chi connectivity index (χ4n) is 4.33. The first kappa shape index (κ1) is 17.2. The van der Waals surface area contributed by atoms with Gasteiger partial charge in [-0.1, -0.05) is 26.7 Å². The second kappa shape index (κ2) is 7.17. The van der Waals surface area contributed by atoms with Crippen LogP contribution in [-0.4, -0.2) is 36.9 Å². The maximum atomic E-state index is 13.0. The summed E-state index contributed by atoms with van der Waals surface area (Å²) in [7, 11) is 0. The third-order valence-electron chi connectivity index (χ3n) is 5.65. The van der Waals surface area contributed by atoms with E-state index in [0.717, 1.165) is 49.6 Å². The Morgan fingerprint density at radius 2 is 1.96 bits per heavy atom. The fourth-order valence-corrected chi connectivity index (χ4v) is 4.33. The highest BCUT2D eigenvalue weighted by Gasteiger charge is 2.35. The molecule has 1 aliphatic carbocycles. The Bertz CT molecular complexity index is 778. The SMILES string of the molecule is CC(C)c1nccn1-c1cncc(C2CCCN2C(=O)C2CCCC2)n1. The molecule has 3 heterocycles. The molecule has 0 aromatic carbocycles. The van der Waals surface area contributed by atoms with Crippen molar-refractivity contribution in [2.45, 2.75) is 64.3 Å². The topological polar surface area (TPSA) is 63.9 Å². The Morgan fingerprint density at radius 1 is 1.15 bits per heavy atom. The molecule has 1 aliphatic heterocycles. The zero-order valence-electron chi connectivity index (χ0n) is 15.6. The number of carbonyl (C=O) groups is 1. The number of hydrogen-bond acceptors (Lipinski definition) is 4. The largest absolute Gasteiger partial charge is 0.334 e. The molecule has 1 atom stereocenters. The van der Waals surface area contributed by atoms with Gasteiger partial charge < -0.3 is 4.90 Å². The van der Waals surface area contributed by atoms with E-state index in [0.29, 0.717) is 11.8 Å². The molecular formula is C20H27N5O. The van der Waals surface area contributed by atoms with Crippen molar-refractivity contribution in [2.24, 2.45) is 5.92 Å². The van der Waals surface area contributed by atoms with Crippen LogP contribution in [0, 0.1) is 5.92 Å². The van der Waals surface area contributed by atoms with E-state index in [2.05, 4.69) is 28.7 Å². The number of amides is 1. The highest BCUT2D eigenvalue weighted by molar-refractivity contribution is 5.79. The number of carbonyl (C=O) groups excluding carboxylic acids is 1. The molecule has 1 saturated carbocycles. The van der Waals surface area contributed by atoms with Crippen LogP contribution in [0.5, 0.6) is 0 Å². The smallest absolute Gasteiger partial charge is 0.226 e. The third-order valence-corrected chi connectivity index (χ3v) is 5.65. The van der Waals surface area contributed by atoms with Crippen molar-refractivity contribution < 1.29 is 4.79 Å². The average Bonchev–Trinajstić information content (AvgIpc) is 3.42. The maximum absolute atomic E-state index is 13.0. The molecular weight excluding hydrogens is 326 g/mol. The normalized spacial score (nSPS) is 21.0. The van der Waals surface area contributed by atoms with Crippen LogP contribution in [0.4, 0.5) is 0 Å². The van der Waals surface area contributed by atoms with Crippen molar-refractivity contribution in [2.75, 3.05) is 6.54 Å². The van der Waals surface area contributed by atoms with Crippen LogP contribution >= 0.6 is 0 Å². The number of imidazole rings is 1. The second-order valence-electron chi connectivity index (χ2n) is 7.78. The number of hydrogen-bond donors (Lipinski definition) is 0. The first-order valence-corrected chi connectivity index (χ1v) is 9.81. The van der Waals surface area contributed by atoms with Gasteiger partial charge >= 0.3 is 0 Å². The summed E-state index contributed by atoms with van der Waals surface area (Å²) in [5.41, 5.74) is 0.898. The van der Waals surface area contributed by atoms with E-state index in [1.165, 1.54) is 12.8 Å². The molecule has 0 spiro atoms. The molecule has 1 unspecified atom stereocenters. The Kier molecular flexibility index (Phi) is 4.74. The predicted molar refractivity (Wildman–Crippen MR) is 98.9 cm³/mol. The Morgan fingerprint density at radius 3 is 2.73 bits per heavy atom. The maximum Gasteiger partial charge on any atom is 0.226 e. The van der Waals surface area contributed by atoms with Crippen molar-refractivity contribution in [1.29, 1.82) is 0 Å². The van der Waals surface area contributed by atoms with Crippen molar-refractivity contribution in [3.8, 4) is 5.82 Å². The lowest BCUT2D eigenvalue weighted by Gasteiger charge is -2.27. The zero-order valence-corrected chi connectivity index (χ0v) is 15.6. The minimum atomic E-state index is 0.0570. The molecule has 6 nitrogen and oxygen atoms in total. The van der Waals surface area contributed by atoms with Crippen LogP contribution in [0.15, 0.2) is 24.8 Å². The Labute approximate surface area is 154 Å². The van der Waals surface area contributed by atoms with E-state index in [1.807, 2.05) is 17.0 Å². The monoisotopic (exact) mass is 353 g/mol. The van der Waals surface area contributed by atoms with E-state index in [9.17, 15) is 4.79 Å². The summed E-state index contributed by atoms with van der Waals surface area (Å²) < 4.78 is 2.00. The van der Waals surface area contributed by atoms with E-state index in [-0.39, 0.29) is 12.0 Å². The fraction of sp³-hybridized carbons (Fsp3) is 0.600. The highest BCUT2D eigenvalue weighted by atomic mass is 16.2. The van der Waals surface area contributed by atoms with Gasteiger partial charge in [0.2, 0.25) is 5.91 Å². The molecule has 2 fully saturated rings. The summed E-state index contributed by atoms with van der Waals surface area (Å²) in [6, 6.07) is 0.0570. The van der Waals surface area contributed by atoms with E-state index in [1.54, 1.807) is 12.4 Å². The van der Waals surface area contributed by atoms with Crippen LogP contribution in [0.25, 0.3) is 5.82 Å². The number of rotatable bonds is 4. The van der Waals surface area contributed by atoms with Crippen LogP contribution in [0.1, 0.15) is 75.9 Å². The number of nitrogens with zero attached hydrogens (tertiary/aromatic N) is 5. The molecule has 6 heteroatoms. The van der Waals surface area contributed by atoms with Gasteiger partial charge in [0, 0.05) is 30.8 Å². The van der Waals surface area contributed by atoms with Crippen molar-refractivity contribution in [3.05, 3.63) is 36.3 Å². The summed E-state index contributed by atoms with van der Waals surface area (Å²) in [4.78, 5) is 28.7. The first-order valence-electron chi connectivity index (χ1n) is 9.81. The molecule has 2 aromatic rings. The number of aromatic nitrogens is 4. The summed E-state index contributed by atoms with van der Waals surface area (Å²) in [5.74, 6) is 2.60. The number of likely N-dealkylation sites (tertiary alicyclic amines) is 1. The van der Waals surface area contributed by atoms with Gasteiger partial charge in [-0.3, -0.25) is 14.3 Å². The van der Waals surface area contributed by atoms with Gasteiger partial charge in [0.05, 0.1) is 24.1 Å². The van der Waals surface area contributed by atoms with Gasteiger partial charge in [-0.15, -0.1) is 0 Å². The van der Waals surface area contributed by atoms with Gasteiger partial charge in [0.25, 0.3) is 0 Å². The minimum absolute atomic E-state index is 0.0570. The van der Waals surface area contributed by atoms with Gasteiger partial charge in [-0.2, -0.15) is 0 Å². The van der Waals surface area contributed by atoms with Gasteiger partial charge in [0.15, 0.2) is 5.82 Å². The molecule has 138 valence electrons. The summed E-state index contributed by atoms with van der Waals surface area (Å²) >= 11 is 0. The predicted octanol–water partition coefficient (Wildman–Crippen LogP) is 3.64. The van der Waals surface area contributed by atoms with Crippen LogP contribution < -0.4 is 0 Å². The van der Waals surface area contributed by atoms with E-state index in [4.69, 9.17) is 4.98 Å². The Hall–Kier alpha value is -2.24. The molecule has 1 amide bonds. The van der Waals surface area contributed by atoms with Crippen LogP contribution in [0.2, 0.25) is 0 Å². The molecule has 0 N–H and O–H groups in total. The lowest BCUT2D eigenvalue weighted by molar-refractivity contribution is -0.136. The second-order valence-corrected chi connectivity index (χ2v) is 7.78. The minimum Gasteiger partial charge on any atom is -0.334 e. The zero-order chi connectivity index (χ0) is 18.1. The summed E-state index contributed by atoms with van der Waals surface area (Å²) in [5, 5.41) is 0. The average molecular weight is 353 g/mol. The lowest BCUT2D eigenvalue weighted by Crippen LogP contribution is -2.35. The van der Waals surface area contributed by atoms with Crippen molar-refractivity contribution >= 4 is 5.91 Å². The highest BCUT2D eigenvalue weighted by Crippen LogP contribution is 2.35. The molecule has 0 bridgehead atoms. The van der Waals surface area contributed by atoms with Gasteiger partial charge in [-0.05, 0) is 25.7 Å². The molecule has 1 saturated heterocycles. The van der Waals surface area contributed by atoms with E-state index < -0.39 is 0 Å². The first-order chi connectivity index (χ1) is 12.6. The molecule has 4 rings (SSSR count). The molecule has 2 aliphatic rings. The van der Waals surface area contributed by atoms with Crippen molar-refractivity contribution in [1.82, 2.24) is 24.4 Å². The van der Waals surface area contributed by atoms with E-state index >= 15 is 0 Å². The summed E-state index contributed by atoms with van der Waals surface area (Å²) in [6.07, 6.45) is 13.8. The standard InChI is InChI=1S/C20H27N5O/c1-14(2)19-22-9-11-25(19)18-13-21-12-16(23-18)17-8-5-10-24(17)20(26)15-6-3-4-7-15/h9,11-15,17H,3-8,10H2,1-2H3. The van der Waals surface area contributed by atoms with Gasteiger partial charge in [0.1, 0.15) is 5.82 Å². The van der Waals surface area contributed by atoms with Crippen molar-refractivity contribution in [3.63, 3.8) is 0 Å².